The summed E-state index contributed by atoms with van der Waals surface area (Å²) >= 11 is 0. The summed E-state index contributed by atoms with van der Waals surface area (Å²) in [7, 11) is -3.21. The van der Waals surface area contributed by atoms with Crippen LogP contribution in [0.1, 0.15) is 19.8 Å². The highest BCUT2D eigenvalue weighted by molar-refractivity contribution is 7.86. The average molecular weight is 164 g/mol. The van der Waals surface area contributed by atoms with Crippen molar-refractivity contribution >= 4 is 10.1 Å². The second-order valence-electron chi connectivity index (χ2n) is 3.00. The Hall–Kier alpha value is -0.0900. The van der Waals surface area contributed by atoms with Gasteiger partial charge in [-0.15, -0.1) is 0 Å². The molecule has 3 nitrogen and oxygen atoms in total. The second kappa shape index (κ2) is 2.51. The van der Waals surface area contributed by atoms with E-state index in [0.717, 1.165) is 19.1 Å². The van der Waals surface area contributed by atoms with Crippen molar-refractivity contribution in [2.24, 2.45) is 5.92 Å². The summed E-state index contributed by atoms with van der Waals surface area (Å²) in [5.41, 5.74) is 0. The zero-order valence-corrected chi connectivity index (χ0v) is 7.02. The lowest BCUT2D eigenvalue weighted by Crippen LogP contribution is -2.31. The molecule has 0 unspecified atom stereocenters. The maximum absolute atomic E-state index is 10.5. The van der Waals surface area contributed by atoms with Gasteiger partial charge in [0, 0.05) is 0 Å². The van der Waals surface area contributed by atoms with Crippen LogP contribution in [0.4, 0.5) is 0 Å². The highest BCUT2D eigenvalue weighted by atomic mass is 32.2. The van der Waals surface area contributed by atoms with Crippen molar-refractivity contribution in [1.29, 1.82) is 0 Å². The van der Waals surface area contributed by atoms with Crippen molar-refractivity contribution in [3.8, 4) is 0 Å². The molecule has 1 fully saturated rings. The third kappa shape index (κ3) is 2.27. The third-order valence-corrected chi connectivity index (χ3v) is 2.26. The fourth-order valence-electron chi connectivity index (χ4n) is 1.15. The van der Waals surface area contributed by atoms with Gasteiger partial charge >= 0.3 is 0 Å². The van der Waals surface area contributed by atoms with E-state index in [0.29, 0.717) is 5.92 Å². The quantitative estimate of drug-likeness (QED) is 0.566. The van der Waals surface area contributed by atoms with Gasteiger partial charge in [0.25, 0.3) is 10.1 Å². The summed E-state index contributed by atoms with van der Waals surface area (Å²) in [5, 5.41) is 0. The van der Waals surface area contributed by atoms with Crippen molar-refractivity contribution in [3.63, 3.8) is 0 Å². The lowest BCUT2D eigenvalue weighted by Gasteiger charge is -2.30. The molecule has 4 heteroatoms. The minimum Gasteiger partial charge on any atom is -0.267 e. The van der Waals surface area contributed by atoms with Crippen LogP contribution < -0.4 is 0 Å². The fourth-order valence-corrected chi connectivity index (χ4v) is 1.81. The van der Waals surface area contributed by atoms with E-state index < -0.39 is 10.1 Å². The van der Waals surface area contributed by atoms with E-state index >= 15 is 0 Å². The molecule has 1 saturated carbocycles. The Bertz CT molecular complexity index is 201. The summed E-state index contributed by atoms with van der Waals surface area (Å²) in [5.74, 6) is 0.631. The summed E-state index contributed by atoms with van der Waals surface area (Å²) < 4.78 is 25.8. The lowest BCUT2D eigenvalue weighted by atomic mass is 9.84. The molecule has 0 saturated heterocycles. The van der Waals surface area contributed by atoms with Crippen LogP contribution >= 0.6 is 0 Å². The van der Waals surface area contributed by atoms with E-state index in [1.807, 2.05) is 0 Å². The van der Waals surface area contributed by atoms with Crippen molar-refractivity contribution in [1.82, 2.24) is 0 Å². The van der Waals surface area contributed by atoms with Crippen LogP contribution in [0.25, 0.3) is 0 Å². The average Bonchev–Trinajstić information content (AvgIpc) is 1.57. The van der Waals surface area contributed by atoms with Crippen LogP contribution in [-0.2, 0) is 14.3 Å². The van der Waals surface area contributed by atoms with Gasteiger partial charge in [0.2, 0.25) is 0 Å². The van der Waals surface area contributed by atoms with Crippen molar-refractivity contribution < 1.29 is 12.6 Å². The van der Waals surface area contributed by atoms with Crippen LogP contribution in [0.2, 0.25) is 0 Å². The lowest BCUT2D eigenvalue weighted by molar-refractivity contribution is 0.0812. The first kappa shape index (κ1) is 8.01. The molecule has 0 aromatic carbocycles. The van der Waals surface area contributed by atoms with Crippen LogP contribution in [0.15, 0.2) is 0 Å². The Morgan fingerprint density at radius 1 is 1.40 bits per heavy atom. The Morgan fingerprint density at radius 2 is 1.90 bits per heavy atom. The van der Waals surface area contributed by atoms with Gasteiger partial charge in [0.1, 0.15) is 0 Å². The van der Waals surface area contributed by atoms with E-state index in [2.05, 4.69) is 6.92 Å². The standard InChI is InChI=1S/C6H12O3S/c1-5-3-6(4-5)9-10(2,7)8/h5-6H,3-4H2,1-2H3/t5-,6+. The van der Waals surface area contributed by atoms with Crippen LogP contribution in [0.3, 0.4) is 0 Å². The first-order valence-corrected chi connectivity index (χ1v) is 5.17. The highest BCUT2D eigenvalue weighted by Gasteiger charge is 2.28. The van der Waals surface area contributed by atoms with Gasteiger partial charge in [0.15, 0.2) is 0 Å². The van der Waals surface area contributed by atoms with E-state index in [1.165, 1.54) is 0 Å². The minimum absolute atomic E-state index is 0.0370. The largest absolute Gasteiger partial charge is 0.267 e. The summed E-state index contributed by atoms with van der Waals surface area (Å²) in [6.07, 6.45) is 2.82. The van der Waals surface area contributed by atoms with Gasteiger partial charge in [-0.05, 0) is 18.8 Å². The Balaban J connectivity index is 2.30. The Morgan fingerprint density at radius 3 is 2.20 bits per heavy atom. The number of hydrogen-bond donors (Lipinski definition) is 0. The third-order valence-electron chi connectivity index (χ3n) is 1.64. The molecule has 0 radical (unpaired) electrons. The maximum Gasteiger partial charge on any atom is 0.264 e. The topological polar surface area (TPSA) is 43.4 Å². The molecule has 0 N–H and O–H groups in total. The smallest absolute Gasteiger partial charge is 0.264 e. The van der Waals surface area contributed by atoms with E-state index in [-0.39, 0.29) is 6.10 Å². The van der Waals surface area contributed by atoms with Crippen molar-refractivity contribution in [2.75, 3.05) is 6.26 Å². The molecule has 1 aliphatic rings. The SMILES string of the molecule is CS(=O)(=O)O[C@H]1C[C@@H](C)C1. The highest BCUT2D eigenvalue weighted by Crippen LogP contribution is 2.29. The molecule has 0 amide bonds. The maximum atomic E-state index is 10.5. The molecule has 1 rings (SSSR count). The van der Waals surface area contributed by atoms with Gasteiger partial charge in [-0.1, -0.05) is 6.92 Å². The zero-order chi connectivity index (χ0) is 7.78. The first-order valence-electron chi connectivity index (χ1n) is 3.35. The molecular weight excluding hydrogens is 152 g/mol. The monoisotopic (exact) mass is 164 g/mol. The fraction of sp³-hybridized carbons (Fsp3) is 1.00. The molecule has 0 bridgehead atoms. The van der Waals surface area contributed by atoms with E-state index in [9.17, 15) is 8.42 Å². The summed E-state index contributed by atoms with van der Waals surface area (Å²) in [6, 6.07) is 0. The molecule has 1 aliphatic carbocycles. The normalized spacial score (nSPS) is 33.4. The van der Waals surface area contributed by atoms with E-state index in [4.69, 9.17) is 4.18 Å². The van der Waals surface area contributed by atoms with Crippen molar-refractivity contribution in [2.45, 2.75) is 25.9 Å². The summed E-state index contributed by atoms with van der Waals surface area (Å²) in [6.45, 7) is 2.09. The first-order chi connectivity index (χ1) is 4.47. The summed E-state index contributed by atoms with van der Waals surface area (Å²) in [4.78, 5) is 0. The van der Waals surface area contributed by atoms with Gasteiger partial charge in [-0.25, -0.2) is 0 Å². The molecule has 0 aromatic rings. The Labute approximate surface area is 61.5 Å². The zero-order valence-electron chi connectivity index (χ0n) is 6.20. The number of hydrogen-bond acceptors (Lipinski definition) is 3. The molecule has 0 aromatic heterocycles. The van der Waals surface area contributed by atoms with Crippen LogP contribution in [0, 0.1) is 5.92 Å². The second-order valence-corrected chi connectivity index (χ2v) is 4.60. The van der Waals surface area contributed by atoms with Crippen LogP contribution in [0.5, 0.6) is 0 Å². The van der Waals surface area contributed by atoms with Crippen molar-refractivity contribution in [3.05, 3.63) is 0 Å². The molecule has 0 spiro atoms. The molecule has 0 heterocycles. The van der Waals surface area contributed by atoms with Gasteiger partial charge < -0.3 is 0 Å². The van der Waals surface area contributed by atoms with E-state index in [1.54, 1.807) is 0 Å². The number of rotatable bonds is 2. The van der Waals surface area contributed by atoms with Gasteiger partial charge in [-0.2, -0.15) is 8.42 Å². The Kier molecular flexibility index (Phi) is 2.01. The predicted molar refractivity (Wildman–Crippen MR) is 38.1 cm³/mol. The van der Waals surface area contributed by atoms with Crippen LogP contribution in [-0.4, -0.2) is 20.8 Å². The molecule has 10 heavy (non-hydrogen) atoms. The molecule has 0 atom stereocenters. The molecule has 60 valence electrons. The van der Waals surface area contributed by atoms with Gasteiger partial charge in [0.05, 0.1) is 12.4 Å². The molecule has 0 aliphatic heterocycles. The minimum atomic E-state index is -3.21. The molecular formula is C6H12O3S. The predicted octanol–water partition coefficient (Wildman–Crippen LogP) is 0.761. The van der Waals surface area contributed by atoms with Gasteiger partial charge in [-0.3, -0.25) is 4.18 Å².